The van der Waals surface area contributed by atoms with Crippen molar-refractivity contribution in [2.45, 2.75) is 44.3 Å². The number of anilines is 1. The summed E-state index contributed by atoms with van der Waals surface area (Å²) < 4.78 is 9.60. The lowest BCUT2D eigenvalue weighted by Crippen LogP contribution is -2.47. The molecule has 4 aromatic rings. The van der Waals surface area contributed by atoms with Crippen molar-refractivity contribution in [2.75, 3.05) is 38.7 Å². The second-order valence-electron chi connectivity index (χ2n) is 11.4. The summed E-state index contributed by atoms with van der Waals surface area (Å²) >= 11 is 0. The van der Waals surface area contributed by atoms with Gasteiger partial charge in [0, 0.05) is 49.8 Å². The van der Waals surface area contributed by atoms with Crippen LogP contribution in [0.1, 0.15) is 42.1 Å². The van der Waals surface area contributed by atoms with Gasteiger partial charge in [0.25, 0.3) is 0 Å². The molecular formula is C31H35N7O6. The predicted octanol–water partition coefficient (Wildman–Crippen LogP) is 4.47. The first-order valence-electron chi connectivity index (χ1n) is 14.6. The third-order valence-electron chi connectivity index (χ3n) is 8.70. The molecule has 2 aromatic heterocycles. The number of benzene rings is 2. The molecule has 0 radical (unpaired) electrons. The van der Waals surface area contributed by atoms with Crippen LogP contribution in [0.15, 0.2) is 57.6 Å². The van der Waals surface area contributed by atoms with E-state index in [9.17, 15) is 24.6 Å². The molecule has 0 bridgehead atoms. The first kappa shape index (κ1) is 29.2. The Hall–Kier alpha value is -4.91. The fourth-order valence-electron chi connectivity index (χ4n) is 6.32. The minimum absolute atomic E-state index is 0.0801. The molecule has 2 aliphatic rings. The molecule has 1 saturated carbocycles. The highest BCUT2D eigenvalue weighted by atomic mass is 16.5. The van der Waals surface area contributed by atoms with Crippen molar-refractivity contribution < 1.29 is 24.5 Å². The van der Waals surface area contributed by atoms with Gasteiger partial charge in [0.1, 0.15) is 5.56 Å². The first-order valence-corrected chi connectivity index (χ1v) is 14.6. The number of primary amides is 1. The highest BCUT2D eigenvalue weighted by molar-refractivity contribution is 5.97. The van der Waals surface area contributed by atoms with Gasteiger partial charge in [-0.2, -0.15) is 0 Å². The number of nitrogens with zero attached hydrogens (tertiary/aromatic N) is 6. The summed E-state index contributed by atoms with van der Waals surface area (Å²) in [7, 11) is 3.64. The van der Waals surface area contributed by atoms with Crippen LogP contribution < -0.4 is 20.8 Å². The molecule has 4 N–H and O–H groups in total. The van der Waals surface area contributed by atoms with E-state index in [-0.39, 0.29) is 29.2 Å². The highest BCUT2D eigenvalue weighted by Crippen LogP contribution is 2.43. The Balaban J connectivity index is 1.26. The van der Waals surface area contributed by atoms with E-state index < -0.39 is 17.4 Å². The number of aromatic carboxylic acids is 1. The number of carboxylic acids is 1. The number of carbonyl (C=O) groups excluding carboxylic acids is 1. The molecule has 2 aromatic carbocycles. The van der Waals surface area contributed by atoms with E-state index in [2.05, 4.69) is 27.1 Å². The van der Waals surface area contributed by atoms with Crippen molar-refractivity contribution in [3.8, 4) is 11.6 Å². The van der Waals surface area contributed by atoms with Crippen molar-refractivity contribution in [2.24, 2.45) is 16.0 Å². The lowest BCUT2D eigenvalue weighted by Gasteiger charge is -2.39. The Labute approximate surface area is 252 Å². The van der Waals surface area contributed by atoms with Gasteiger partial charge in [-0.25, -0.2) is 9.59 Å². The maximum Gasteiger partial charge on any atom is 0.356 e. The number of aromatic nitrogens is 2. The lowest BCUT2D eigenvalue weighted by atomic mass is 10.0. The fourth-order valence-corrected chi connectivity index (χ4v) is 6.32. The van der Waals surface area contributed by atoms with Crippen molar-refractivity contribution in [3.63, 3.8) is 0 Å². The number of pyridine rings is 1. The maximum absolute atomic E-state index is 13.1. The number of hydrogen-bond acceptors (Lipinski definition) is 8. The number of carboxylic acid groups (broad SMARTS) is 1. The number of ether oxygens (including phenoxy) is 1. The van der Waals surface area contributed by atoms with E-state index in [1.54, 1.807) is 17.7 Å². The average molecular weight is 602 g/mol. The highest BCUT2D eigenvalue weighted by Gasteiger charge is 2.31. The first-order chi connectivity index (χ1) is 21.2. The van der Waals surface area contributed by atoms with Crippen molar-refractivity contribution in [1.29, 1.82) is 0 Å². The minimum atomic E-state index is -1.23. The summed E-state index contributed by atoms with van der Waals surface area (Å²) in [4.78, 5) is 40.6. The molecule has 13 heteroatoms. The SMILES string of the molecule is COc1c(N2CCCC(N(C)CCn3c(O)c(N=NC(N)=O)c4ccccc43)C2)ccc2c(=O)c(C(=O)O)cn(C3CC3)c12. The largest absolute Gasteiger partial charge is 0.493 e. The fraction of sp³-hybridized carbons (Fsp3) is 0.387. The second-order valence-corrected chi connectivity index (χ2v) is 11.4. The molecule has 1 unspecified atom stereocenters. The smallest absolute Gasteiger partial charge is 0.356 e. The number of rotatable bonds is 9. The Bertz CT molecular complexity index is 1860. The predicted molar refractivity (Wildman–Crippen MR) is 166 cm³/mol. The van der Waals surface area contributed by atoms with E-state index in [0.29, 0.717) is 35.1 Å². The van der Waals surface area contributed by atoms with E-state index >= 15 is 0 Å². The summed E-state index contributed by atoms with van der Waals surface area (Å²) in [5, 5.41) is 28.9. The van der Waals surface area contributed by atoms with Crippen LogP contribution in [-0.4, -0.2) is 76.1 Å². The van der Waals surface area contributed by atoms with E-state index in [0.717, 1.165) is 50.0 Å². The summed E-state index contributed by atoms with van der Waals surface area (Å²) in [6.45, 7) is 2.63. The van der Waals surface area contributed by atoms with Gasteiger partial charge >= 0.3 is 12.0 Å². The molecular weight excluding hydrogens is 566 g/mol. The van der Waals surface area contributed by atoms with Crippen LogP contribution in [0.2, 0.25) is 0 Å². The van der Waals surface area contributed by atoms with Gasteiger partial charge in [-0.1, -0.05) is 23.3 Å². The molecule has 0 spiro atoms. The van der Waals surface area contributed by atoms with Crippen LogP contribution in [-0.2, 0) is 6.54 Å². The van der Waals surface area contributed by atoms with Crippen LogP contribution in [0.4, 0.5) is 16.2 Å². The van der Waals surface area contributed by atoms with E-state index in [4.69, 9.17) is 10.5 Å². The maximum atomic E-state index is 13.1. The Kier molecular flexibility index (Phi) is 7.72. The van der Waals surface area contributed by atoms with Gasteiger partial charge in [0.2, 0.25) is 11.3 Å². The molecule has 2 fully saturated rings. The Morgan fingerprint density at radius 1 is 1.14 bits per heavy atom. The number of amides is 2. The van der Waals surface area contributed by atoms with Crippen LogP contribution in [0, 0.1) is 0 Å². The average Bonchev–Trinajstić information content (AvgIpc) is 3.83. The standard InChI is InChI=1S/C31H35N7O6/c1-35(14-15-37-23-8-4-3-7-20(23)25(29(37)40)33-34-31(32)43)19-6-5-13-36(16-19)24-12-11-21-26(28(24)44-2)38(18-9-10-18)17-22(27(21)39)30(41)42/h3-4,7-8,11-12,17-19,40H,5-6,9-10,13-16H2,1-2H3,(H2,32,43)(H,41,42). The summed E-state index contributed by atoms with van der Waals surface area (Å²) in [5.41, 5.74) is 6.87. The van der Waals surface area contributed by atoms with Crippen molar-refractivity contribution in [3.05, 3.63) is 58.4 Å². The molecule has 1 aliphatic carbocycles. The molecule has 44 heavy (non-hydrogen) atoms. The molecule has 13 nitrogen and oxygen atoms in total. The van der Waals surface area contributed by atoms with Gasteiger partial charge in [-0.15, -0.1) is 5.11 Å². The molecule has 2 amide bonds. The summed E-state index contributed by atoms with van der Waals surface area (Å²) in [6.07, 6.45) is 5.23. The van der Waals surface area contributed by atoms with Gasteiger partial charge < -0.3 is 34.7 Å². The lowest BCUT2D eigenvalue weighted by molar-refractivity contribution is 0.0694. The summed E-state index contributed by atoms with van der Waals surface area (Å²) in [5.74, 6) is -0.736. The zero-order valence-corrected chi connectivity index (χ0v) is 24.6. The molecule has 6 rings (SSSR count). The number of urea groups is 1. The number of piperidine rings is 1. The van der Waals surface area contributed by atoms with Gasteiger partial charge in [0.15, 0.2) is 11.4 Å². The van der Waals surface area contributed by atoms with E-state index in [1.165, 1.54) is 6.20 Å². The van der Waals surface area contributed by atoms with Gasteiger partial charge in [-0.05, 0) is 50.9 Å². The number of para-hydroxylation sites is 1. The van der Waals surface area contributed by atoms with Gasteiger partial charge in [0.05, 0.1) is 29.2 Å². The van der Waals surface area contributed by atoms with Crippen LogP contribution in [0.3, 0.4) is 0 Å². The third kappa shape index (κ3) is 5.23. The third-order valence-corrected chi connectivity index (χ3v) is 8.70. The van der Waals surface area contributed by atoms with Crippen LogP contribution >= 0.6 is 0 Å². The molecule has 1 saturated heterocycles. The quantitative estimate of drug-likeness (QED) is 0.236. The van der Waals surface area contributed by atoms with Crippen molar-refractivity contribution >= 4 is 45.2 Å². The number of carbonyl (C=O) groups is 2. The molecule has 3 heterocycles. The number of hydrogen-bond donors (Lipinski definition) is 3. The van der Waals surface area contributed by atoms with Crippen LogP contribution in [0.5, 0.6) is 11.6 Å². The number of azo groups is 1. The number of likely N-dealkylation sites (N-methyl/N-ethyl adjacent to an activating group) is 1. The topological polar surface area (TPSA) is 168 Å². The molecule has 1 aliphatic heterocycles. The normalized spacial score (nSPS) is 17.2. The molecule has 230 valence electrons. The minimum Gasteiger partial charge on any atom is -0.493 e. The molecule has 1 atom stereocenters. The van der Waals surface area contributed by atoms with Crippen LogP contribution in [0.25, 0.3) is 21.8 Å². The number of fused-ring (bicyclic) bond motifs is 2. The Morgan fingerprint density at radius 2 is 1.91 bits per heavy atom. The zero-order chi connectivity index (χ0) is 31.1. The zero-order valence-electron chi connectivity index (χ0n) is 24.6. The second kappa shape index (κ2) is 11.6. The van der Waals surface area contributed by atoms with E-state index in [1.807, 2.05) is 34.9 Å². The number of nitrogens with two attached hydrogens (primary N) is 1. The van der Waals surface area contributed by atoms with Crippen molar-refractivity contribution in [1.82, 2.24) is 14.0 Å². The monoisotopic (exact) mass is 601 g/mol. The van der Waals surface area contributed by atoms with Gasteiger partial charge in [-0.3, -0.25) is 9.69 Å². The number of aromatic hydroxyl groups is 1. The Morgan fingerprint density at radius 3 is 2.61 bits per heavy atom. The summed E-state index contributed by atoms with van der Waals surface area (Å²) in [6, 6.07) is 10.4. The number of methoxy groups -OCH3 is 1.